The van der Waals surface area contributed by atoms with Crippen molar-refractivity contribution in [2.75, 3.05) is 45.4 Å². The van der Waals surface area contributed by atoms with Gasteiger partial charge < -0.3 is 25.2 Å². The average molecular weight is 792 g/mol. The van der Waals surface area contributed by atoms with Crippen LogP contribution in [0.5, 0.6) is 5.75 Å². The van der Waals surface area contributed by atoms with E-state index in [0.717, 1.165) is 21.1 Å². The minimum Gasteiger partial charge on any atom is -0.487 e. The molecule has 0 spiro atoms. The van der Waals surface area contributed by atoms with E-state index < -0.39 is 28.9 Å². The van der Waals surface area contributed by atoms with E-state index in [1.165, 1.54) is 11.0 Å². The number of hydrogen-bond acceptors (Lipinski definition) is 9. The molecule has 2 aliphatic heterocycles. The van der Waals surface area contributed by atoms with E-state index in [1.54, 1.807) is 61.5 Å². The highest BCUT2D eigenvalue weighted by atomic mass is 32.2. The van der Waals surface area contributed by atoms with E-state index in [1.807, 2.05) is 48.5 Å². The number of carbonyl (C=O) groups excluding carboxylic acids is 5. The quantitative estimate of drug-likeness (QED) is 0.0964. The van der Waals surface area contributed by atoms with Gasteiger partial charge in [-0.25, -0.2) is 8.60 Å². The molecule has 0 aliphatic carbocycles. The number of amides is 5. The summed E-state index contributed by atoms with van der Waals surface area (Å²) in [7, 11) is 3.36. The van der Waals surface area contributed by atoms with Crippen LogP contribution in [0.3, 0.4) is 0 Å². The Morgan fingerprint density at radius 3 is 2.35 bits per heavy atom. The van der Waals surface area contributed by atoms with Crippen molar-refractivity contribution < 1.29 is 37.3 Å². The van der Waals surface area contributed by atoms with Gasteiger partial charge in [-0.05, 0) is 77.5 Å². The number of hydrogen-bond donors (Lipinski definition) is 4. The maximum Gasteiger partial charge on any atom is 0.253 e. The number of nitrogens with one attached hydrogen (secondary N) is 4. The summed E-state index contributed by atoms with van der Waals surface area (Å²) in [4.78, 5) is 64.3. The monoisotopic (exact) mass is 791 g/mol. The van der Waals surface area contributed by atoms with Crippen LogP contribution in [0.25, 0.3) is 10.8 Å². The fraction of sp³-hybridized carbons (Fsp3) is 0.195. The number of ether oxygens (including phenoxy) is 1. The Labute approximate surface area is 329 Å². The summed E-state index contributed by atoms with van der Waals surface area (Å²) in [6.45, 7) is -0.207. The van der Waals surface area contributed by atoms with Crippen LogP contribution >= 0.6 is 0 Å². The molecule has 14 nitrogen and oxygen atoms in total. The molecule has 2 fully saturated rings. The van der Waals surface area contributed by atoms with E-state index in [0.29, 0.717) is 41.0 Å². The van der Waals surface area contributed by atoms with Crippen LogP contribution < -0.4 is 39.5 Å². The lowest BCUT2D eigenvalue weighted by molar-refractivity contribution is -0.134. The molecule has 2 unspecified atom stereocenters. The smallest absolute Gasteiger partial charge is 0.253 e. The Morgan fingerprint density at radius 1 is 0.912 bits per heavy atom. The predicted molar refractivity (Wildman–Crippen MR) is 216 cm³/mol. The number of carbonyl (C=O) groups is 5. The van der Waals surface area contributed by atoms with Crippen molar-refractivity contribution in [2.24, 2.45) is 0 Å². The fourth-order valence-corrected chi connectivity index (χ4v) is 7.68. The first-order chi connectivity index (χ1) is 27.5. The molecule has 7 rings (SSSR count). The van der Waals surface area contributed by atoms with Gasteiger partial charge in [0.05, 0.1) is 17.8 Å². The number of benzene rings is 5. The van der Waals surface area contributed by atoms with Crippen molar-refractivity contribution in [1.82, 2.24) is 10.0 Å². The Bertz CT molecular complexity index is 2420. The zero-order chi connectivity index (χ0) is 40.2. The molecule has 0 saturated carbocycles. The molecule has 16 heteroatoms. The predicted octanol–water partition coefficient (Wildman–Crippen LogP) is 4.83. The van der Waals surface area contributed by atoms with Gasteiger partial charge >= 0.3 is 0 Å². The molecular weight excluding hydrogens is 754 g/mol. The second kappa shape index (κ2) is 16.5. The number of anilines is 6. The lowest BCUT2D eigenvalue weighted by atomic mass is 10.0. The second-order valence-electron chi connectivity index (χ2n) is 13.6. The Kier molecular flexibility index (Phi) is 11.1. The number of piperidine rings is 1. The topological polar surface area (TPSA) is 169 Å². The van der Waals surface area contributed by atoms with Crippen LogP contribution in [0.15, 0.2) is 97.1 Å². The molecule has 4 N–H and O–H groups in total. The third-order valence-electron chi connectivity index (χ3n) is 9.65. The first-order valence-electron chi connectivity index (χ1n) is 17.9. The fourth-order valence-electron chi connectivity index (χ4n) is 6.74. The SMILES string of the molecule is CN(C=O)c1cc(Nc2ccc(CC(=O)Nc3ccc4c(F)c(N5CC(=O)NS5=O)c(OCc5ccccc5)cc4c3)cc2)ccc1N(C)C1CCC(=O)NC1=O. The van der Waals surface area contributed by atoms with Gasteiger partial charge in [0.25, 0.3) is 5.91 Å². The first-order valence-corrected chi connectivity index (χ1v) is 19.0. The zero-order valence-electron chi connectivity index (χ0n) is 30.9. The summed E-state index contributed by atoms with van der Waals surface area (Å²) >= 11 is -1.99. The summed E-state index contributed by atoms with van der Waals surface area (Å²) < 4.78 is 38.3. The van der Waals surface area contributed by atoms with Gasteiger partial charge in [-0.1, -0.05) is 42.5 Å². The zero-order valence-corrected chi connectivity index (χ0v) is 31.7. The number of nitrogens with zero attached hydrogens (tertiary/aromatic N) is 3. The third kappa shape index (κ3) is 8.55. The highest BCUT2D eigenvalue weighted by Crippen LogP contribution is 2.40. The molecule has 5 aromatic carbocycles. The number of halogens is 1. The number of likely N-dealkylation sites (N-methyl/N-ethyl adjacent to an activating group) is 1. The molecule has 5 amide bonds. The van der Waals surface area contributed by atoms with Gasteiger partial charge in [0.1, 0.15) is 30.6 Å². The van der Waals surface area contributed by atoms with E-state index in [9.17, 15) is 28.2 Å². The van der Waals surface area contributed by atoms with Gasteiger partial charge in [-0.2, -0.15) is 0 Å². The van der Waals surface area contributed by atoms with Gasteiger partial charge in [0.15, 0.2) is 5.82 Å². The average Bonchev–Trinajstić information content (AvgIpc) is 3.53. The maximum absolute atomic E-state index is 16.1. The maximum atomic E-state index is 16.1. The Balaban J connectivity index is 1.04. The molecule has 5 aromatic rings. The van der Waals surface area contributed by atoms with Gasteiger partial charge in [-0.15, -0.1) is 0 Å². The summed E-state index contributed by atoms with van der Waals surface area (Å²) in [5, 5.41) is 9.16. The molecule has 0 aromatic heterocycles. The molecular formula is C41H38FN7O7S. The summed E-state index contributed by atoms with van der Waals surface area (Å²) in [5.74, 6) is -2.13. The molecule has 2 atom stereocenters. The van der Waals surface area contributed by atoms with Crippen molar-refractivity contribution in [3.63, 3.8) is 0 Å². The Morgan fingerprint density at radius 2 is 1.65 bits per heavy atom. The van der Waals surface area contributed by atoms with Crippen LogP contribution in [0.4, 0.5) is 38.5 Å². The molecule has 2 saturated heterocycles. The van der Waals surface area contributed by atoms with E-state index in [2.05, 4.69) is 20.7 Å². The Hall–Kier alpha value is -6.81. The van der Waals surface area contributed by atoms with Crippen molar-refractivity contribution in [1.29, 1.82) is 0 Å². The molecule has 2 heterocycles. The standard InChI is InChI=1S/C41H38FN7O7S/c1-47(24-50)34-21-30(13-15-32(34)48(2)33-16-17-36(51)45-41(33)54)43-28-10-8-25(9-11-28)18-37(52)44-29-12-14-31-27(19-29)20-35(56-23-26-6-4-3-5-7-26)40(39(31)42)49-22-38(53)46-57(49)55/h3-15,19-21,24,33,43H,16-18,22-23H2,1-2H3,(H,44,52)(H,46,53)(H,45,51,54). The van der Waals surface area contributed by atoms with Crippen molar-refractivity contribution in [3.05, 3.63) is 114 Å². The number of fused-ring (bicyclic) bond motifs is 1. The van der Waals surface area contributed by atoms with Crippen molar-refractivity contribution in [3.8, 4) is 5.75 Å². The van der Waals surface area contributed by atoms with Crippen molar-refractivity contribution >= 4 is 86.1 Å². The van der Waals surface area contributed by atoms with E-state index in [-0.39, 0.29) is 60.5 Å². The van der Waals surface area contributed by atoms with E-state index in [4.69, 9.17) is 4.74 Å². The lowest BCUT2D eigenvalue weighted by Gasteiger charge is -2.33. The summed E-state index contributed by atoms with van der Waals surface area (Å²) in [6, 6.07) is 27.6. The normalized spacial score (nSPS) is 16.5. The third-order valence-corrected chi connectivity index (χ3v) is 10.8. The minimum absolute atomic E-state index is 0.0501. The van der Waals surface area contributed by atoms with Crippen molar-refractivity contribution in [2.45, 2.75) is 31.9 Å². The highest BCUT2D eigenvalue weighted by Gasteiger charge is 2.33. The van der Waals surface area contributed by atoms with Crippen LogP contribution in [-0.4, -0.2) is 60.9 Å². The van der Waals surface area contributed by atoms with Gasteiger partial charge in [0, 0.05) is 43.0 Å². The summed E-state index contributed by atoms with van der Waals surface area (Å²) in [5.41, 5.74) is 4.48. The second-order valence-corrected chi connectivity index (χ2v) is 14.7. The van der Waals surface area contributed by atoms with Crippen LogP contribution in [0.1, 0.15) is 24.0 Å². The molecule has 292 valence electrons. The largest absolute Gasteiger partial charge is 0.487 e. The van der Waals surface area contributed by atoms with Gasteiger partial charge in [0.2, 0.25) is 35.3 Å². The first kappa shape index (κ1) is 38.5. The highest BCUT2D eigenvalue weighted by molar-refractivity contribution is 7.85. The molecule has 0 bridgehead atoms. The lowest BCUT2D eigenvalue weighted by Crippen LogP contribution is -2.51. The molecule has 57 heavy (non-hydrogen) atoms. The number of imide groups is 1. The van der Waals surface area contributed by atoms with E-state index >= 15 is 4.39 Å². The van der Waals surface area contributed by atoms with Crippen LogP contribution in [-0.2, 0) is 48.2 Å². The molecule has 0 radical (unpaired) electrons. The minimum atomic E-state index is -1.99. The van der Waals surface area contributed by atoms with Crippen LogP contribution in [0, 0.1) is 5.82 Å². The molecule has 2 aliphatic rings. The summed E-state index contributed by atoms with van der Waals surface area (Å²) in [6.07, 6.45) is 1.31. The number of rotatable bonds is 13. The van der Waals surface area contributed by atoms with Crippen LogP contribution in [0.2, 0.25) is 0 Å². The van der Waals surface area contributed by atoms with Gasteiger partial charge in [-0.3, -0.25) is 38.3 Å².